The summed E-state index contributed by atoms with van der Waals surface area (Å²) in [5, 5.41) is 17.4. The molecule has 4 heteroatoms. The molecule has 1 N–H and O–H groups in total. The molecule has 0 unspecified atom stereocenters. The maximum absolute atomic E-state index is 9.34. The molecule has 0 spiro atoms. The van der Waals surface area contributed by atoms with Crippen molar-refractivity contribution in [3.8, 4) is 11.3 Å². The number of aliphatic hydroxyl groups excluding tert-OH is 1. The second kappa shape index (κ2) is 5.14. The van der Waals surface area contributed by atoms with Gasteiger partial charge in [0.15, 0.2) is 0 Å². The monoisotopic (exact) mass is 243 g/mol. The normalized spacial score (nSPS) is 10.6. The lowest BCUT2D eigenvalue weighted by Crippen LogP contribution is -2.01. The lowest BCUT2D eigenvalue weighted by atomic mass is 10.0. The van der Waals surface area contributed by atoms with Gasteiger partial charge in [0, 0.05) is 5.56 Å². The minimum atomic E-state index is -0.112. The summed E-state index contributed by atoms with van der Waals surface area (Å²) in [4.78, 5) is 0. The van der Waals surface area contributed by atoms with Crippen LogP contribution in [0.15, 0.2) is 30.9 Å². The van der Waals surface area contributed by atoms with Gasteiger partial charge in [-0.2, -0.15) is 0 Å². The fourth-order valence-corrected chi connectivity index (χ4v) is 1.91. The SMILES string of the molecule is C=CCn1nnc(CO)c1-c1ccc(C)c(C)c1. The Morgan fingerprint density at radius 3 is 2.72 bits per heavy atom. The zero-order chi connectivity index (χ0) is 13.1. The van der Waals surface area contributed by atoms with Crippen molar-refractivity contribution in [2.75, 3.05) is 0 Å². The third-order valence-corrected chi connectivity index (χ3v) is 3.04. The van der Waals surface area contributed by atoms with E-state index in [4.69, 9.17) is 0 Å². The Balaban J connectivity index is 2.56. The fraction of sp³-hybridized carbons (Fsp3) is 0.286. The van der Waals surface area contributed by atoms with Crippen LogP contribution < -0.4 is 0 Å². The van der Waals surface area contributed by atoms with Crippen LogP contribution in [0.5, 0.6) is 0 Å². The maximum Gasteiger partial charge on any atom is 0.116 e. The van der Waals surface area contributed by atoms with E-state index in [-0.39, 0.29) is 6.61 Å². The average molecular weight is 243 g/mol. The van der Waals surface area contributed by atoms with Crippen LogP contribution in [0.3, 0.4) is 0 Å². The summed E-state index contributed by atoms with van der Waals surface area (Å²) in [6.07, 6.45) is 1.76. The van der Waals surface area contributed by atoms with Crippen LogP contribution in [-0.2, 0) is 13.2 Å². The van der Waals surface area contributed by atoms with Crippen molar-refractivity contribution in [1.29, 1.82) is 0 Å². The number of nitrogens with zero attached hydrogens (tertiary/aromatic N) is 3. The molecule has 0 aliphatic heterocycles. The van der Waals surface area contributed by atoms with Crippen LogP contribution in [0, 0.1) is 13.8 Å². The van der Waals surface area contributed by atoms with Crippen LogP contribution >= 0.6 is 0 Å². The highest BCUT2D eigenvalue weighted by Crippen LogP contribution is 2.24. The number of hydrogen-bond donors (Lipinski definition) is 1. The summed E-state index contributed by atoms with van der Waals surface area (Å²) in [7, 11) is 0. The number of benzene rings is 1. The number of aliphatic hydroxyl groups is 1. The van der Waals surface area contributed by atoms with E-state index >= 15 is 0 Å². The first-order valence-corrected chi connectivity index (χ1v) is 5.89. The predicted octanol–water partition coefficient (Wildman–Crippen LogP) is 2.24. The van der Waals surface area contributed by atoms with E-state index in [0.717, 1.165) is 11.3 Å². The van der Waals surface area contributed by atoms with Gasteiger partial charge in [0.2, 0.25) is 0 Å². The zero-order valence-electron chi connectivity index (χ0n) is 10.7. The average Bonchev–Trinajstić information content (AvgIpc) is 2.76. The maximum atomic E-state index is 9.34. The van der Waals surface area contributed by atoms with Crippen molar-refractivity contribution in [3.05, 3.63) is 47.7 Å². The van der Waals surface area contributed by atoms with Crippen molar-refractivity contribution >= 4 is 0 Å². The van der Waals surface area contributed by atoms with Crippen LogP contribution in [0.1, 0.15) is 16.8 Å². The van der Waals surface area contributed by atoms with E-state index in [1.807, 2.05) is 6.07 Å². The first-order valence-electron chi connectivity index (χ1n) is 5.89. The summed E-state index contributed by atoms with van der Waals surface area (Å²) in [5.41, 5.74) is 4.93. The molecule has 0 bridgehead atoms. The molecule has 0 fully saturated rings. The Kier molecular flexibility index (Phi) is 3.58. The van der Waals surface area contributed by atoms with Gasteiger partial charge in [0.25, 0.3) is 0 Å². The van der Waals surface area contributed by atoms with Crippen molar-refractivity contribution in [2.24, 2.45) is 0 Å². The third-order valence-electron chi connectivity index (χ3n) is 3.04. The van der Waals surface area contributed by atoms with Gasteiger partial charge < -0.3 is 5.11 Å². The fourth-order valence-electron chi connectivity index (χ4n) is 1.91. The van der Waals surface area contributed by atoms with Crippen LogP contribution in [-0.4, -0.2) is 20.1 Å². The smallest absolute Gasteiger partial charge is 0.116 e. The Morgan fingerprint density at radius 2 is 2.11 bits per heavy atom. The number of rotatable bonds is 4. The summed E-state index contributed by atoms with van der Waals surface area (Å²) < 4.78 is 1.75. The summed E-state index contributed by atoms with van der Waals surface area (Å²) >= 11 is 0. The van der Waals surface area contributed by atoms with E-state index in [0.29, 0.717) is 12.2 Å². The first kappa shape index (κ1) is 12.5. The third kappa shape index (κ3) is 2.19. The quantitative estimate of drug-likeness (QED) is 0.838. The van der Waals surface area contributed by atoms with E-state index in [9.17, 15) is 5.11 Å². The molecule has 2 aromatic rings. The Bertz CT molecular complexity index is 572. The molecule has 1 aromatic carbocycles. The number of allylic oxidation sites excluding steroid dienone is 1. The molecule has 1 heterocycles. The van der Waals surface area contributed by atoms with Gasteiger partial charge in [-0.3, -0.25) is 0 Å². The van der Waals surface area contributed by atoms with Crippen molar-refractivity contribution in [2.45, 2.75) is 27.0 Å². The van der Waals surface area contributed by atoms with Crippen molar-refractivity contribution < 1.29 is 5.11 Å². The molecular weight excluding hydrogens is 226 g/mol. The number of hydrogen-bond acceptors (Lipinski definition) is 3. The lowest BCUT2D eigenvalue weighted by Gasteiger charge is -2.08. The van der Waals surface area contributed by atoms with Crippen LogP contribution in [0.4, 0.5) is 0 Å². The van der Waals surface area contributed by atoms with E-state index < -0.39 is 0 Å². The minimum absolute atomic E-state index is 0.112. The number of aromatic nitrogens is 3. The molecule has 0 saturated heterocycles. The molecule has 1 aromatic heterocycles. The molecule has 18 heavy (non-hydrogen) atoms. The molecule has 0 atom stereocenters. The van der Waals surface area contributed by atoms with Gasteiger partial charge in [-0.05, 0) is 31.0 Å². The first-order chi connectivity index (χ1) is 8.67. The largest absolute Gasteiger partial charge is 0.390 e. The molecule has 2 rings (SSSR count). The highest BCUT2D eigenvalue weighted by Gasteiger charge is 2.13. The second-order valence-corrected chi connectivity index (χ2v) is 4.31. The lowest BCUT2D eigenvalue weighted by molar-refractivity contribution is 0.277. The molecule has 4 nitrogen and oxygen atoms in total. The van der Waals surface area contributed by atoms with Gasteiger partial charge in [0.05, 0.1) is 18.8 Å². The van der Waals surface area contributed by atoms with E-state index in [1.165, 1.54) is 11.1 Å². The standard InChI is InChI=1S/C14H17N3O/c1-4-7-17-14(13(9-18)15-16-17)12-6-5-10(2)11(3)8-12/h4-6,8,18H,1,7,9H2,2-3H3. The molecule has 0 aliphatic carbocycles. The van der Waals surface area contributed by atoms with Crippen LogP contribution in [0.2, 0.25) is 0 Å². The topological polar surface area (TPSA) is 50.9 Å². The molecule has 0 radical (unpaired) electrons. The van der Waals surface area contributed by atoms with Gasteiger partial charge in [-0.1, -0.05) is 23.4 Å². The summed E-state index contributed by atoms with van der Waals surface area (Å²) in [6.45, 7) is 8.32. The second-order valence-electron chi connectivity index (χ2n) is 4.31. The highest BCUT2D eigenvalue weighted by molar-refractivity contribution is 5.63. The molecule has 0 aliphatic rings. The Morgan fingerprint density at radius 1 is 1.33 bits per heavy atom. The van der Waals surface area contributed by atoms with Gasteiger partial charge >= 0.3 is 0 Å². The highest BCUT2D eigenvalue weighted by atomic mass is 16.3. The predicted molar refractivity (Wildman–Crippen MR) is 71.1 cm³/mol. The molecule has 94 valence electrons. The van der Waals surface area contributed by atoms with E-state index in [1.54, 1.807) is 10.8 Å². The number of aryl methyl sites for hydroxylation is 2. The van der Waals surface area contributed by atoms with Gasteiger partial charge in [-0.15, -0.1) is 11.7 Å². The van der Waals surface area contributed by atoms with Crippen LogP contribution in [0.25, 0.3) is 11.3 Å². The van der Waals surface area contributed by atoms with Crippen molar-refractivity contribution in [3.63, 3.8) is 0 Å². The Hall–Kier alpha value is -1.94. The van der Waals surface area contributed by atoms with Gasteiger partial charge in [0.1, 0.15) is 5.69 Å². The summed E-state index contributed by atoms with van der Waals surface area (Å²) in [6, 6.07) is 6.18. The van der Waals surface area contributed by atoms with E-state index in [2.05, 4.69) is 42.9 Å². The van der Waals surface area contributed by atoms with Gasteiger partial charge in [-0.25, -0.2) is 4.68 Å². The molecule has 0 saturated carbocycles. The molecule has 0 amide bonds. The van der Waals surface area contributed by atoms with Crippen molar-refractivity contribution in [1.82, 2.24) is 15.0 Å². The molecular formula is C14H17N3O. The minimum Gasteiger partial charge on any atom is -0.390 e. The summed E-state index contributed by atoms with van der Waals surface area (Å²) in [5.74, 6) is 0. The Labute approximate surface area is 107 Å². The zero-order valence-corrected chi connectivity index (χ0v) is 10.7.